The van der Waals surface area contributed by atoms with Crippen LogP contribution in [0.5, 0.6) is 11.5 Å². The first-order valence-electron chi connectivity index (χ1n) is 6.67. The Hall–Kier alpha value is -2.70. The number of methoxy groups -OCH3 is 1. The minimum absolute atomic E-state index is 0.0436. The number of hydrogen-bond donors (Lipinski definition) is 2. The molecule has 0 aromatic heterocycles. The quantitative estimate of drug-likeness (QED) is 0.653. The number of para-hydroxylation sites is 1. The van der Waals surface area contributed by atoms with Crippen LogP contribution in [0, 0.1) is 0 Å². The molecular weight excluding hydrogens is 309 g/mol. The molecular formula is C16H15F3N2O2. The van der Waals surface area contributed by atoms with E-state index in [9.17, 15) is 18.3 Å². The second-order valence-electron chi connectivity index (χ2n) is 4.74. The summed E-state index contributed by atoms with van der Waals surface area (Å²) in [6.07, 6.45) is -4.48. The normalized spacial score (nSPS) is 12.1. The summed E-state index contributed by atoms with van der Waals surface area (Å²) in [6.45, 7) is 1.57. The maximum absolute atomic E-state index is 12.9. The zero-order chi connectivity index (χ0) is 17.0. The summed E-state index contributed by atoms with van der Waals surface area (Å²) < 4.78 is 43.8. The van der Waals surface area contributed by atoms with Crippen molar-refractivity contribution >= 4 is 11.4 Å². The van der Waals surface area contributed by atoms with Gasteiger partial charge in [0, 0.05) is 5.56 Å². The Morgan fingerprint density at radius 2 is 1.87 bits per heavy atom. The summed E-state index contributed by atoms with van der Waals surface area (Å²) in [5.74, 6) is 0.459. The Balaban J connectivity index is 2.31. The van der Waals surface area contributed by atoms with Gasteiger partial charge in [0.15, 0.2) is 0 Å². The fourth-order valence-electron chi connectivity index (χ4n) is 1.96. The van der Waals surface area contributed by atoms with E-state index in [1.54, 1.807) is 19.1 Å². The number of hydrazone groups is 1. The third-order valence-corrected chi connectivity index (χ3v) is 3.17. The number of alkyl halides is 3. The van der Waals surface area contributed by atoms with Crippen molar-refractivity contribution in [2.45, 2.75) is 13.1 Å². The van der Waals surface area contributed by atoms with E-state index in [4.69, 9.17) is 4.74 Å². The topological polar surface area (TPSA) is 53.9 Å². The molecule has 23 heavy (non-hydrogen) atoms. The van der Waals surface area contributed by atoms with Gasteiger partial charge in [0.1, 0.15) is 11.5 Å². The van der Waals surface area contributed by atoms with Crippen LogP contribution in [-0.2, 0) is 6.18 Å². The fraction of sp³-hybridized carbons (Fsp3) is 0.188. The van der Waals surface area contributed by atoms with Gasteiger partial charge in [-0.2, -0.15) is 18.3 Å². The second kappa shape index (κ2) is 6.60. The number of nitrogens with zero attached hydrogens (tertiary/aromatic N) is 1. The Kier molecular flexibility index (Phi) is 4.78. The van der Waals surface area contributed by atoms with Gasteiger partial charge in [-0.25, -0.2) is 0 Å². The molecule has 0 unspecified atom stereocenters. The Bertz CT molecular complexity index is 728. The van der Waals surface area contributed by atoms with Gasteiger partial charge in [-0.3, -0.25) is 5.43 Å². The SMILES string of the molecule is COc1ccc(O)c(/C(C)=N/Nc2ccccc2C(F)(F)F)c1. The van der Waals surface area contributed by atoms with Crippen LogP contribution in [0.3, 0.4) is 0 Å². The van der Waals surface area contributed by atoms with E-state index >= 15 is 0 Å². The molecule has 0 saturated heterocycles. The lowest BCUT2D eigenvalue weighted by Gasteiger charge is -2.12. The van der Waals surface area contributed by atoms with Crippen LogP contribution in [0.1, 0.15) is 18.1 Å². The van der Waals surface area contributed by atoms with Crippen molar-refractivity contribution in [3.63, 3.8) is 0 Å². The van der Waals surface area contributed by atoms with Crippen LogP contribution < -0.4 is 10.2 Å². The Morgan fingerprint density at radius 3 is 2.52 bits per heavy atom. The summed E-state index contributed by atoms with van der Waals surface area (Å²) >= 11 is 0. The standard InChI is InChI=1S/C16H15F3N2O2/c1-10(12-9-11(23-2)7-8-15(12)22)20-21-14-6-4-3-5-13(14)16(17,18)19/h3-9,21-22H,1-2H3/b20-10+. The summed E-state index contributed by atoms with van der Waals surface area (Å²) in [6, 6.07) is 9.58. The maximum atomic E-state index is 12.9. The molecule has 0 amide bonds. The molecule has 4 nitrogen and oxygen atoms in total. The first-order valence-corrected chi connectivity index (χ1v) is 6.67. The van der Waals surface area contributed by atoms with Crippen molar-refractivity contribution < 1.29 is 23.0 Å². The summed E-state index contributed by atoms with van der Waals surface area (Å²) in [7, 11) is 1.47. The van der Waals surface area contributed by atoms with E-state index in [1.165, 1.54) is 31.4 Å². The number of hydrogen-bond acceptors (Lipinski definition) is 4. The van der Waals surface area contributed by atoms with Crippen molar-refractivity contribution in [2.75, 3.05) is 12.5 Å². The van der Waals surface area contributed by atoms with Crippen molar-refractivity contribution in [3.05, 3.63) is 53.6 Å². The molecule has 0 saturated carbocycles. The molecule has 0 aliphatic heterocycles. The van der Waals surface area contributed by atoms with E-state index < -0.39 is 11.7 Å². The lowest BCUT2D eigenvalue weighted by atomic mass is 10.1. The lowest BCUT2D eigenvalue weighted by molar-refractivity contribution is -0.136. The molecule has 0 atom stereocenters. The van der Waals surface area contributed by atoms with Gasteiger partial charge < -0.3 is 9.84 Å². The van der Waals surface area contributed by atoms with Gasteiger partial charge in [0.05, 0.1) is 24.1 Å². The highest BCUT2D eigenvalue weighted by molar-refractivity contribution is 6.01. The number of phenolic OH excluding ortho intramolecular Hbond substituents is 1. The highest BCUT2D eigenvalue weighted by Gasteiger charge is 2.33. The molecule has 0 aliphatic rings. The minimum atomic E-state index is -4.48. The monoisotopic (exact) mass is 324 g/mol. The van der Waals surface area contributed by atoms with E-state index in [0.717, 1.165) is 6.07 Å². The van der Waals surface area contributed by atoms with E-state index in [-0.39, 0.29) is 11.4 Å². The van der Waals surface area contributed by atoms with Crippen LogP contribution in [0.25, 0.3) is 0 Å². The molecule has 0 aliphatic carbocycles. The minimum Gasteiger partial charge on any atom is -0.507 e. The van der Waals surface area contributed by atoms with Gasteiger partial charge in [0.25, 0.3) is 0 Å². The number of ether oxygens (including phenoxy) is 1. The van der Waals surface area contributed by atoms with E-state index in [1.807, 2.05) is 0 Å². The first-order chi connectivity index (χ1) is 10.8. The highest BCUT2D eigenvalue weighted by atomic mass is 19.4. The average Bonchev–Trinajstić information content (AvgIpc) is 2.52. The first kappa shape index (κ1) is 16.7. The van der Waals surface area contributed by atoms with Gasteiger partial charge in [-0.05, 0) is 37.3 Å². The molecule has 0 spiro atoms. The second-order valence-corrected chi connectivity index (χ2v) is 4.74. The third-order valence-electron chi connectivity index (χ3n) is 3.17. The van der Waals surface area contributed by atoms with Crippen molar-refractivity contribution in [1.29, 1.82) is 0 Å². The number of anilines is 1. The number of nitrogens with one attached hydrogen (secondary N) is 1. The smallest absolute Gasteiger partial charge is 0.418 e. The molecule has 7 heteroatoms. The Labute approximate surface area is 131 Å². The van der Waals surface area contributed by atoms with Crippen molar-refractivity contribution in [2.24, 2.45) is 5.10 Å². The van der Waals surface area contributed by atoms with Crippen LogP contribution in [0.2, 0.25) is 0 Å². The number of benzene rings is 2. The van der Waals surface area contributed by atoms with Gasteiger partial charge in [-0.1, -0.05) is 12.1 Å². The molecule has 0 heterocycles. The molecule has 2 N–H and O–H groups in total. The molecule has 0 fully saturated rings. The van der Waals surface area contributed by atoms with Crippen LogP contribution >= 0.6 is 0 Å². The number of halogens is 3. The molecule has 0 bridgehead atoms. The van der Waals surface area contributed by atoms with Crippen LogP contribution in [0.4, 0.5) is 18.9 Å². The highest BCUT2D eigenvalue weighted by Crippen LogP contribution is 2.34. The molecule has 0 radical (unpaired) electrons. The van der Waals surface area contributed by atoms with Crippen molar-refractivity contribution in [3.8, 4) is 11.5 Å². The summed E-state index contributed by atoms with van der Waals surface area (Å²) in [5, 5.41) is 13.8. The zero-order valence-corrected chi connectivity index (χ0v) is 12.5. The summed E-state index contributed by atoms with van der Waals surface area (Å²) in [5.41, 5.74) is 2.10. The van der Waals surface area contributed by atoms with Crippen LogP contribution in [-0.4, -0.2) is 17.9 Å². The Morgan fingerprint density at radius 1 is 1.17 bits per heavy atom. The van der Waals surface area contributed by atoms with E-state index in [0.29, 0.717) is 17.0 Å². The largest absolute Gasteiger partial charge is 0.507 e. The lowest BCUT2D eigenvalue weighted by Crippen LogP contribution is -2.09. The zero-order valence-electron chi connectivity index (χ0n) is 12.5. The predicted molar refractivity (Wildman–Crippen MR) is 81.9 cm³/mol. The van der Waals surface area contributed by atoms with Gasteiger partial charge in [0.2, 0.25) is 0 Å². The van der Waals surface area contributed by atoms with Crippen LogP contribution in [0.15, 0.2) is 47.6 Å². The van der Waals surface area contributed by atoms with Gasteiger partial charge >= 0.3 is 6.18 Å². The fourth-order valence-corrected chi connectivity index (χ4v) is 1.96. The molecule has 2 aromatic carbocycles. The average molecular weight is 324 g/mol. The van der Waals surface area contributed by atoms with E-state index in [2.05, 4.69) is 10.5 Å². The number of rotatable bonds is 4. The number of phenols is 1. The predicted octanol–water partition coefficient (Wildman–Crippen LogP) is 4.26. The molecule has 2 aromatic rings. The van der Waals surface area contributed by atoms with Gasteiger partial charge in [-0.15, -0.1) is 0 Å². The molecule has 2 rings (SSSR count). The van der Waals surface area contributed by atoms with Crippen molar-refractivity contribution in [1.82, 2.24) is 0 Å². The molecule has 122 valence electrons. The third kappa shape index (κ3) is 3.94. The number of aromatic hydroxyl groups is 1. The summed E-state index contributed by atoms with van der Waals surface area (Å²) in [4.78, 5) is 0. The maximum Gasteiger partial charge on any atom is 0.418 e.